The second kappa shape index (κ2) is 5.79. The molecular formula is C15H19N3O2. The summed E-state index contributed by atoms with van der Waals surface area (Å²) in [6.07, 6.45) is 0. The van der Waals surface area contributed by atoms with Crippen molar-refractivity contribution in [1.29, 1.82) is 0 Å². The number of hydrogen-bond donors (Lipinski definition) is 2. The van der Waals surface area contributed by atoms with Crippen LogP contribution >= 0.6 is 0 Å². The Bertz CT molecular complexity index is 615. The number of ether oxygens (including phenoxy) is 1. The SMILES string of the molecule is COc1ccc(Cn2c(C)cc(C(=O)NN)c2C)cc1. The lowest BCUT2D eigenvalue weighted by Crippen LogP contribution is -2.30. The van der Waals surface area contributed by atoms with Crippen molar-refractivity contribution in [3.63, 3.8) is 0 Å². The molecule has 2 rings (SSSR count). The quantitative estimate of drug-likeness (QED) is 0.507. The summed E-state index contributed by atoms with van der Waals surface area (Å²) >= 11 is 0. The Morgan fingerprint density at radius 2 is 1.95 bits per heavy atom. The van der Waals surface area contributed by atoms with E-state index in [9.17, 15) is 4.79 Å². The Morgan fingerprint density at radius 3 is 2.50 bits per heavy atom. The van der Waals surface area contributed by atoms with Crippen LogP contribution in [0.5, 0.6) is 5.75 Å². The summed E-state index contributed by atoms with van der Waals surface area (Å²) in [5, 5.41) is 0. The molecule has 0 aliphatic heterocycles. The number of carbonyl (C=O) groups excluding carboxylic acids is 1. The third-order valence-corrected chi connectivity index (χ3v) is 3.45. The summed E-state index contributed by atoms with van der Waals surface area (Å²) in [6.45, 7) is 4.60. The molecule has 0 unspecified atom stereocenters. The predicted molar refractivity (Wildman–Crippen MR) is 77.7 cm³/mol. The van der Waals surface area contributed by atoms with Gasteiger partial charge in [-0.2, -0.15) is 0 Å². The number of nitrogens with two attached hydrogens (primary N) is 1. The number of carbonyl (C=O) groups is 1. The molecule has 20 heavy (non-hydrogen) atoms. The molecule has 0 saturated heterocycles. The van der Waals surface area contributed by atoms with E-state index >= 15 is 0 Å². The second-order valence-electron chi connectivity index (χ2n) is 4.69. The first-order valence-corrected chi connectivity index (χ1v) is 6.37. The number of amides is 1. The third kappa shape index (κ3) is 2.67. The number of hydrazine groups is 1. The van der Waals surface area contributed by atoms with E-state index in [-0.39, 0.29) is 5.91 Å². The van der Waals surface area contributed by atoms with Crippen LogP contribution in [0.2, 0.25) is 0 Å². The molecule has 2 aromatic rings. The van der Waals surface area contributed by atoms with Crippen molar-refractivity contribution in [2.24, 2.45) is 5.84 Å². The number of benzene rings is 1. The highest BCUT2D eigenvalue weighted by Gasteiger charge is 2.14. The minimum absolute atomic E-state index is 0.265. The molecule has 0 aliphatic rings. The van der Waals surface area contributed by atoms with Crippen molar-refractivity contribution in [3.05, 3.63) is 52.8 Å². The lowest BCUT2D eigenvalue weighted by atomic mass is 10.2. The fraction of sp³-hybridized carbons (Fsp3) is 0.267. The van der Waals surface area contributed by atoms with Gasteiger partial charge in [-0.3, -0.25) is 10.2 Å². The molecule has 1 amide bonds. The van der Waals surface area contributed by atoms with Crippen LogP contribution in [0.3, 0.4) is 0 Å². The van der Waals surface area contributed by atoms with Gasteiger partial charge in [0.05, 0.1) is 12.7 Å². The minimum atomic E-state index is -0.265. The van der Waals surface area contributed by atoms with Gasteiger partial charge in [0.1, 0.15) is 5.75 Å². The number of nitrogens with zero attached hydrogens (tertiary/aromatic N) is 1. The standard InChI is InChI=1S/C15H19N3O2/c1-10-8-14(15(19)17-16)11(2)18(10)9-12-4-6-13(20-3)7-5-12/h4-8H,9,16H2,1-3H3,(H,17,19). The normalized spacial score (nSPS) is 10.4. The molecule has 3 N–H and O–H groups in total. The van der Waals surface area contributed by atoms with Crippen LogP contribution in [0.25, 0.3) is 0 Å². The number of methoxy groups -OCH3 is 1. The van der Waals surface area contributed by atoms with Gasteiger partial charge >= 0.3 is 0 Å². The van der Waals surface area contributed by atoms with Gasteiger partial charge in [0.15, 0.2) is 0 Å². The summed E-state index contributed by atoms with van der Waals surface area (Å²) < 4.78 is 7.23. The zero-order chi connectivity index (χ0) is 14.7. The Labute approximate surface area is 118 Å². The lowest BCUT2D eigenvalue weighted by molar-refractivity contribution is 0.0953. The highest BCUT2D eigenvalue weighted by Crippen LogP contribution is 2.18. The molecule has 0 aliphatic carbocycles. The van der Waals surface area contributed by atoms with Crippen molar-refractivity contribution in [2.75, 3.05) is 7.11 Å². The molecule has 0 radical (unpaired) electrons. The summed E-state index contributed by atoms with van der Waals surface area (Å²) in [5.74, 6) is 5.76. The number of nitrogen functional groups attached to an aromatic ring is 1. The van der Waals surface area contributed by atoms with Gasteiger partial charge in [0, 0.05) is 17.9 Å². The summed E-state index contributed by atoms with van der Waals surface area (Å²) in [5.41, 5.74) is 5.86. The van der Waals surface area contributed by atoms with Gasteiger partial charge in [-0.25, -0.2) is 5.84 Å². The summed E-state index contributed by atoms with van der Waals surface area (Å²) in [6, 6.07) is 9.73. The number of nitrogens with one attached hydrogen (secondary N) is 1. The van der Waals surface area contributed by atoms with Crippen molar-refractivity contribution < 1.29 is 9.53 Å². The maximum atomic E-state index is 11.7. The van der Waals surface area contributed by atoms with Gasteiger partial charge in [0.25, 0.3) is 5.91 Å². The minimum Gasteiger partial charge on any atom is -0.497 e. The summed E-state index contributed by atoms with van der Waals surface area (Å²) in [7, 11) is 1.65. The second-order valence-corrected chi connectivity index (χ2v) is 4.69. The van der Waals surface area contributed by atoms with Crippen molar-refractivity contribution >= 4 is 5.91 Å². The zero-order valence-electron chi connectivity index (χ0n) is 11.9. The molecule has 0 fully saturated rings. The molecule has 106 valence electrons. The molecule has 0 bridgehead atoms. The fourth-order valence-electron chi connectivity index (χ4n) is 2.27. The van der Waals surface area contributed by atoms with E-state index in [4.69, 9.17) is 10.6 Å². The van der Waals surface area contributed by atoms with Crippen LogP contribution in [-0.4, -0.2) is 17.6 Å². The molecule has 1 aromatic heterocycles. The molecular weight excluding hydrogens is 254 g/mol. The number of hydrogen-bond acceptors (Lipinski definition) is 3. The molecule has 0 atom stereocenters. The van der Waals surface area contributed by atoms with E-state index in [1.54, 1.807) is 7.11 Å². The number of rotatable bonds is 4. The summed E-state index contributed by atoms with van der Waals surface area (Å²) in [4.78, 5) is 11.7. The van der Waals surface area contributed by atoms with Crippen LogP contribution in [0.15, 0.2) is 30.3 Å². The average molecular weight is 273 g/mol. The van der Waals surface area contributed by atoms with E-state index in [2.05, 4.69) is 9.99 Å². The maximum absolute atomic E-state index is 11.7. The monoisotopic (exact) mass is 273 g/mol. The lowest BCUT2D eigenvalue weighted by Gasteiger charge is -2.10. The highest BCUT2D eigenvalue weighted by atomic mass is 16.5. The Hall–Kier alpha value is -2.27. The largest absolute Gasteiger partial charge is 0.497 e. The van der Waals surface area contributed by atoms with Gasteiger partial charge in [0.2, 0.25) is 0 Å². The van der Waals surface area contributed by atoms with E-state index in [1.807, 2.05) is 44.2 Å². The first-order valence-electron chi connectivity index (χ1n) is 6.37. The van der Waals surface area contributed by atoms with Gasteiger partial charge < -0.3 is 9.30 Å². The molecule has 0 saturated carbocycles. The predicted octanol–water partition coefficient (Wildman–Crippen LogP) is 1.77. The van der Waals surface area contributed by atoms with Crippen molar-refractivity contribution in [2.45, 2.75) is 20.4 Å². The third-order valence-electron chi connectivity index (χ3n) is 3.45. The van der Waals surface area contributed by atoms with Crippen LogP contribution in [-0.2, 0) is 6.54 Å². The molecule has 1 aromatic carbocycles. The van der Waals surface area contributed by atoms with Gasteiger partial charge in [-0.1, -0.05) is 12.1 Å². The highest BCUT2D eigenvalue weighted by molar-refractivity contribution is 5.95. The maximum Gasteiger partial charge on any atom is 0.267 e. The van der Waals surface area contributed by atoms with Crippen molar-refractivity contribution in [1.82, 2.24) is 9.99 Å². The van der Waals surface area contributed by atoms with E-state index in [0.29, 0.717) is 12.1 Å². The fourth-order valence-corrected chi connectivity index (χ4v) is 2.27. The van der Waals surface area contributed by atoms with Gasteiger partial charge in [-0.15, -0.1) is 0 Å². The van der Waals surface area contributed by atoms with E-state index in [1.165, 1.54) is 0 Å². The molecule has 5 nitrogen and oxygen atoms in total. The zero-order valence-corrected chi connectivity index (χ0v) is 11.9. The smallest absolute Gasteiger partial charge is 0.267 e. The Kier molecular flexibility index (Phi) is 4.10. The topological polar surface area (TPSA) is 69.3 Å². The Balaban J connectivity index is 2.28. The Morgan fingerprint density at radius 1 is 1.30 bits per heavy atom. The van der Waals surface area contributed by atoms with E-state index < -0.39 is 0 Å². The number of aromatic nitrogens is 1. The van der Waals surface area contributed by atoms with Gasteiger partial charge in [-0.05, 0) is 37.6 Å². The van der Waals surface area contributed by atoms with Crippen LogP contribution in [0.4, 0.5) is 0 Å². The number of aryl methyl sites for hydroxylation is 1. The molecule has 1 heterocycles. The van der Waals surface area contributed by atoms with E-state index in [0.717, 1.165) is 22.7 Å². The first-order chi connectivity index (χ1) is 9.56. The van der Waals surface area contributed by atoms with Crippen molar-refractivity contribution in [3.8, 4) is 5.75 Å². The van der Waals surface area contributed by atoms with Crippen LogP contribution in [0, 0.1) is 13.8 Å². The average Bonchev–Trinajstić information content (AvgIpc) is 2.75. The van der Waals surface area contributed by atoms with Crippen LogP contribution in [0.1, 0.15) is 27.3 Å². The molecule has 5 heteroatoms. The first kappa shape index (κ1) is 14.1. The molecule has 0 spiro atoms. The van der Waals surface area contributed by atoms with Crippen LogP contribution < -0.4 is 16.0 Å².